The molecule has 2 rings (SSSR count). The Morgan fingerprint density at radius 1 is 1.39 bits per heavy atom. The standard InChI is InChI=1S/C15H26N4O2S2/c1-11(13(20)17-10-12-6-4-3-5-7-12)22-15-19-18-14(23-15)16-8-9-21-2/h11-12H,3-10H2,1-2H3,(H,16,18)(H,17,20)/t11-/m1/s1. The predicted molar refractivity (Wildman–Crippen MR) is 95.2 cm³/mol. The molecule has 130 valence electrons. The first-order valence-electron chi connectivity index (χ1n) is 8.19. The number of ether oxygens (including phenoxy) is 1. The van der Waals surface area contributed by atoms with Gasteiger partial charge in [0.05, 0.1) is 11.9 Å². The third-order valence-corrected chi connectivity index (χ3v) is 5.99. The molecule has 1 aliphatic carbocycles. The molecule has 0 unspecified atom stereocenters. The molecule has 1 fully saturated rings. The minimum atomic E-state index is -0.154. The van der Waals surface area contributed by atoms with Crippen molar-refractivity contribution in [3.05, 3.63) is 0 Å². The third-order valence-electron chi connectivity index (χ3n) is 3.93. The Morgan fingerprint density at radius 2 is 2.17 bits per heavy atom. The number of hydrogen-bond acceptors (Lipinski definition) is 7. The Balaban J connectivity index is 1.70. The molecule has 1 saturated carbocycles. The van der Waals surface area contributed by atoms with Crippen LogP contribution in [0.15, 0.2) is 4.34 Å². The number of carbonyl (C=O) groups excluding carboxylic acids is 1. The van der Waals surface area contributed by atoms with Gasteiger partial charge in [0.15, 0.2) is 4.34 Å². The van der Waals surface area contributed by atoms with E-state index in [4.69, 9.17) is 4.74 Å². The van der Waals surface area contributed by atoms with Gasteiger partial charge in [-0.15, -0.1) is 10.2 Å². The molecule has 23 heavy (non-hydrogen) atoms. The van der Waals surface area contributed by atoms with Gasteiger partial charge in [0.25, 0.3) is 0 Å². The van der Waals surface area contributed by atoms with Crippen LogP contribution in [0, 0.1) is 5.92 Å². The van der Waals surface area contributed by atoms with Crippen LogP contribution in [0.1, 0.15) is 39.0 Å². The topological polar surface area (TPSA) is 76.1 Å². The monoisotopic (exact) mass is 358 g/mol. The summed E-state index contributed by atoms with van der Waals surface area (Å²) < 4.78 is 5.79. The van der Waals surface area contributed by atoms with Gasteiger partial charge in [0.1, 0.15) is 0 Å². The second-order valence-electron chi connectivity index (χ2n) is 5.80. The number of nitrogens with one attached hydrogen (secondary N) is 2. The Kier molecular flexibility index (Phi) is 8.11. The van der Waals surface area contributed by atoms with Gasteiger partial charge in [-0.1, -0.05) is 42.4 Å². The molecular weight excluding hydrogens is 332 g/mol. The van der Waals surface area contributed by atoms with Gasteiger partial charge >= 0.3 is 0 Å². The highest BCUT2D eigenvalue weighted by Gasteiger charge is 2.19. The molecule has 6 nitrogen and oxygen atoms in total. The molecule has 1 heterocycles. The molecule has 0 saturated heterocycles. The predicted octanol–water partition coefficient (Wildman–Crippen LogP) is 2.77. The minimum Gasteiger partial charge on any atom is -0.383 e. The summed E-state index contributed by atoms with van der Waals surface area (Å²) in [6.07, 6.45) is 6.43. The first-order valence-corrected chi connectivity index (χ1v) is 9.89. The van der Waals surface area contributed by atoms with Gasteiger partial charge in [-0.05, 0) is 25.7 Å². The van der Waals surface area contributed by atoms with Gasteiger partial charge in [0, 0.05) is 20.2 Å². The molecule has 0 spiro atoms. The summed E-state index contributed by atoms with van der Waals surface area (Å²) in [6.45, 7) is 4.05. The molecule has 8 heteroatoms. The van der Waals surface area contributed by atoms with Crippen LogP contribution in [0.4, 0.5) is 5.13 Å². The van der Waals surface area contributed by atoms with Gasteiger partial charge in [-0.2, -0.15) is 0 Å². The summed E-state index contributed by atoms with van der Waals surface area (Å²) in [6, 6.07) is 0. The molecule has 1 amide bonds. The van der Waals surface area contributed by atoms with E-state index in [-0.39, 0.29) is 11.2 Å². The summed E-state index contributed by atoms with van der Waals surface area (Å²) in [5.41, 5.74) is 0. The van der Waals surface area contributed by atoms with Crippen molar-refractivity contribution in [3.63, 3.8) is 0 Å². The number of carbonyl (C=O) groups is 1. The van der Waals surface area contributed by atoms with Crippen LogP contribution in [0.2, 0.25) is 0 Å². The van der Waals surface area contributed by atoms with Crippen LogP contribution in [0.3, 0.4) is 0 Å². The Bertz CT molecular complexity index is 478. The van der Waals surface area contributed by atoms with Crippen LogP contribution < -0.4 is 10.6 Å². The average molecular weight is 359 g/mol. The summed E-state index contributed by atoms with van der Waals surface area (Å²) in [4.78, 5) is 12.2. The van der Waals surface area contributed by atoms with Crippen molar-refractivity contribution in [2.75, 3.05) is 32.1 Å². The molecule has 0 aliphatic heterocycles. The number of thioether (sulfide) groups is 1. The van der Waals surface area contributed by atoms with Gasteiger partial charge in [-0.3, -0.25) is 4.79 Å². The van der Waals surface area contributed by atoms with Gasteiger partial charge < -0.3 is 15.4 Å². The Morgan fingerprint density at radius 3 is 2.91 bits per heavy atom. The van der Waals surface area contributed by atoms with E-state index in [0.717, 1.165) is 16.0 Å². The lowest BCUT2D eigenvalue weighted by Crippen LogP contribution is -2.35. The second-order valence-corrected chi connectivity index (χ2v) is 8.37. The summed E-state index contributed by atoms with van der Waals surface area (Å²) >= 11 is 2.93. The SMILES string of the molecule is COCCNc1nnc(S[C@H](C)C(=O)NCC2CCCCC2)s1. The van der Waals surface area contributed by atoms with Gasteiger partial charge in [-0.25, -0.2) is 0 Å². The Labute approximate surface area is 146 Å². The quantitative estimate of drug-likeness (QED) is 0.522. The van der Waals surface area contributed by atoms with Crippen molar-refractivity contribution in [2.45, 2.75) is 48.6 Å². The molecule has 0 aromatic carbocycles. The zero-order valence-corrected chi connectivity index (χ0v) is 15.5. The smallest absolute Gasteiger partial charge is 0.233 e. The number of methoxy groups -OCH3 is 1. The summed E-state index contributed by atoms with van der Waals surface area (Å²) in [5, 5.41) is 15.0. The fourth-order valence-electron chi connectivity index (χ4n) is 2.57. The van der Waals surface area contributed by atoms with E-state index in [0.29, 0.717) is 19.1 Å². The van der Waals surface area contributed by atoms with Crippen LogP contribution in [0.5, 0.6) is 0 Å². The molecule has 0 radical (unpaired) electrons. The highest BCUT2D eigenvalue weighted by atomic mass is 32.2. The number of amides is 1. The van der Waals surface area contributed by atoms with Crippen molar-refractivity contribution >= 4 is 34.1 Å². The molecule has 1 aromatic rings. The first kappa shape index (κ1) is 18.5. The molecule has 1 aliphatic rings. The van der Waals surface area contributed by atoms with Crippen molar-refractivity contribution in [1.29, 1.82) is 0 Å². The molecule has 2 N–H and O–H groups in total. The molecular formula is C15H26N4O2S2. The van der Waals surface area contributed by atoms with Gasteiger partial charge in [0.2, 0.25) is 11.0 Å². The first-order chi connectivity index (χ1) is 11.2. The molecule has 1 aromatic heterocycles. The highest BCUT2D eigenvalue weighted by molar-refractivity contribution is 8.02. The average Bonchev–Trinajstić information content (AvgIpc) is 3.01. The lowest BCUT2D eigenvalue weighted by atomic mass is 9.89. The lowest BCUT2D eigenvalue weighted by Gasteiger charge is -2.22. The zero-order chi connectivity index (χ0) is 16.5. The lowest BCUT2D eigenvalue weighted by molar-refractivity contribution is -0.120. The van der Waals surface area contributed by atoms with E-state index in [1.165, 1.54) is 55.2 Å². The maximum Gasteiger partial charge on any atom is 0.233 e. The number of nitrogens with zero attached hydrogens (tertiary/aromatic N) is 2. The van der Waals surface area contributed by atoms with E-state index < -0.39 is 0 Å². The zero-order valence-electron chi connectivity index (χ0n) is 13.8. The van der Waals surface area contributed by atoms with E-state index in [1.54, 1.807) is 7.11 Å². The van der Waals surface area contributed by atoms with Crippen LogP contribution in [0.25, 0.3) is 0 Å². The fourth-order valence-corrected chi connectivity index (χ4v) is 4.52. The normalized spacial score (nSPS) is 17.0. The minimum absolute atomic E-state index is 0.0877. The molecule has 1 atom stereocenters. The van der Waals surface area contributed by atoms with Crippen molar-refractivity contribution in [2.24, 2.45) is 5.92 Å². The third kappa shape index (κ3) is 6.64. The van der Waals surface area contributed by atoms with Crippen molar-refractivity contribution < 1.29 is 9.53 Å². The number of hydrogen-bond donors (Lipinski definition) is 2. The summed E-state index contributed by atoms with van der Waals surface area (Å²) in [7, 11) is 1.66. The summed E-state index contributed by atoms with van der Waals surface area (Å²) in [5.74, 6) is 0.743. The molecule has 0 bridgehead atoms. The fraction of sp³-hybridized carbons (Fsp3) is 0.800. The van der Waals surface area contributed by atoms with Crippen LogP contribution in [-0.4, -0.2) is 48.2 Å². The number of anilines is 1. The van der Waals surface area contributed by atoms with Crippen LogP contribution in [-0.2, 0) is 9.53 Å². The van der Waals surface area contributed by atoms with Crippen LogP contribution >= 0.6 is 23.1 Å². The van der Waals surface area contributed by atoms with E-state index >= 15 is 0 Å². The van der Waals surface area contributed by atoms with Crippen molar-refractivity contribution in [3.8, 4) is 0 Å². The largest absolute Gasteiger partial charge is 0.383 e. The second kappa shape index (κ2) is 10.1. The number of rotatable bonds is 9. The number of aromatic nitrogens is 2. The maximum absolute atomic E-state index is 12.2. The van der Waals surface area contributed by atoms with Crippen molar-refractivity contribution in [1.82, 2.24) is 15.5 Å². The highest BCUT2D eigenvalue weighted by Crippen LogP contribution is 2.29. The van der Waals surface area contributed by atoms with E-state index in [1.807, 2.05) is 6.92 Å². The van der Waals surface area contributed by atoms with E-state index in [9.17, 15) is 4.79 Å². The maximum atomic E-state index is 12.2. The Hall–Kier alpha value is -0.860. The van der Waals surface area contributed by atoms with E-state index in [2.05, 4.69) is 20.8 Å².